The van der Waals surface area contributed by atoms with Crippen LogP contribution in [0.15, 0.2) is 18.2 Å². The fourth-order valence-electron chi connectivity index (χ4n) is 2.25. The van der Waals surface area contributed by atoms with E-state index in [1.165, 1.54) is 48.8 Å². The van der Waals surface area contributed by atoms with Crippen LogP contribution in [0.4, 0.5) is 0 Å². The first-order valence-corrected chi connectivity index (χ1v) is 7.28. The second-order valence-electron chi connectivity index (χ2n) is 5.18. The van der Waals surface area contributed by atoms with Crippen LogP contribution >= 0.6 is 15.9 Å². The van der Waals surface area contributed by atoms with Gasteiger partial charge in [-0.2, -0.15) is 0 Å². The summed E-state index contributed by atoms with van der Waals surface area (Å²) in [4.78, 5) is 0.776. The smallest absolute Gasteiger partial charge is 0.0174 e. The Balaban J connectivity index is 1.81. The molecule has 1 heteroatoms. The van der Waals surface area contributed by atoms with E-state index in [1.807, 2.05) is 0 Å². The number of hydrogen-bond donors (Lipinski definition) is 0. The summed E-state index contributed by atoms with van der Waals surface area (Å²) in [7, 11) is 0. The van der Waals surface area contributed by atoms with E-state index in [4.69, 9.17) is 0 Å². The Morgan fingerprint density at radius 2 is 2.06 bits per heavy atom. The lowest BCUT2D eigenvalue weighted by Crippen LogP contribution is -2.01. The first kappa shape index (κ1) is 12.2. The van der Waals surface area contributed by atoms with Crippen molar-refractivity contribution in [1.29, 1.82) is 0 Å². The molecule has 1 fully saturated rings. The van der Waals surface area contributed by atoms with Gasteiger partial charge >= 0.3 is 0 Å². The van der Waals surface area contributed by atoms with E-state index in [1.54, 1.807) is 0 Å². The summed E-state index contributed by atoms with van der Waals surface area (Å²) >= 11 is 3.81. The lowest BCUT2D eigenvalue weighted by molar-refractivity contribution is 0.652. The van der Waals surface area contributed by atoms with Crippen molar-refractivity contribution in [2.75, 3.05) is 0 Å². The molecule has 0 aliphatic heterocycles. The zero-order chi connectivity index (χ0) is 11.5. The number of hydrogen-bond acceptors (Lipinski definition) is 0. The van der Waals surface area contributed by atoms with Gasteiger partial charge in [-0.3, -0.25) is 0 Å². The minimum Gasteiger partial charge on any atom is -0.0888 e. The molecule has 0 spiro atoms. The second-order valence-corrected chi connectivity index (χ2v) is 6.35. The fourth-order valence-corrected chi connectivity index (χ4v) is 3.10. The summed E-state index contributed by atoms with van der Waals surface area (Å²) in [5.74, 6) is 0.985. The first-order valence-electron chi connectivity index (χ1n) is 6.37. The van der Waals surface area contributed by atoms with E-state index in [9.17, 15) is 0 Å². The predicted molar refractivity (Wildman–Crippen MR) is 74.3 cm³/mol. The van der Waals surface area contributed by atoms with Crippen molar-refractivity contribution in [3.8, 4) is 0 Å². The van der Waals surface area contributed by atoms with Crippen LogP contribution in [0.3, 0.4) is 0 Å². The quantitative estimate of drug-likeness (QED) is 0.680. The molecular weight excluding hydrogens is 260 g/mol. The lowest BCUT2D eigenvalue weighted by Gasteiger charge is -2.10. The molecule has 0 N–H and O–H groups in total. The van der Waals surface area contributed by atoms with E-state index < -0.39 is 0 Å². The Labute approximate surface area is 108 Å². The SMILES string of the molecule is Cc1ccc(C)c(CCCC(Br)C2CC2)c1. The van der Waals surface area contributed by atoms with Crippen LogP contribution in [0, 0.1) is 19.8 Å². The van der Waals surface area contributed by atoms with E-state index in [0.717, 1.165) is 10.7 Å². The summed E-state index contributed by atoms with van der Waals surface area (Å²) in [5, 5.41) is 0. The summed E-state index contributed by atoms with van der Waals surface area (Å²) in [5.41, 5.74) is 4.37. The van der Waals surface area contributed by atoms with Crippen LogP contribution in [0.5, 0.6) is 0 Å². The third-order valence-electron chi connectivity index (χ3n) is 3.56. The molecular formula is C15H21Br. The molecule has 2 rings (SSSR count). The first-order chi connectivity index (χ1) is 7.66. The van der Waals surface area contributed by atoms with Crippen LogP contribution in [-0.4, -0.2) is 4.83 Å². The van der Waals surface area contributed by atoms with Gasteiger partial charge in [0.25, 0.3) is 0 Å². The minimum absolute atomic E-state index is 0.776. The molecule has 0 heterocycles. The van der Waals surface area contributed by atoms with Crippen molar-refractivity contribution < 1.29 is 0 Å². The van der Waals surface area contributed by atoms with Crippen LogP contribution in [0.2, 0.25) is 0 Å². The highest BCUT2D eigenvalue weighted by Crippen LogP contribution is 2.38. The van der Waals surface area contributed by atoms with E-state index in [2.05, 4.69) is 48.0 Å². The Kier molecular flexibility index (Phi) is 4.07. The maximum Gasteiger partial charge on any atom is 0.0174 e. The van der Waals surface area contributed by atoms with Crippen molar-refractivity contribution in [3.63, 3.8) is 0 Å². The third kappa shape index (κ3) is 3.35. The normalized spacial score (nSPS) is 17.4. The standard InChI is InChI=1S/C15H21Br/c1-11-6-7-12(2)14(10-11)4-3-5-15(16)13-8-9-13/h6-7,10,13,15H,3-5,8-9H2,1-2H3. The van der Waals surface area contributed by atoms with Gasteiger partial charge in [-0.05, 0) is 63.0 Å². The van der Waals surface area contributed by atoms with E-state index in [-0.39, 0.29) is 0 Å². The molecule has 16 heavy (non-hydrogen) atoms. The van der Waals surface area contributed by atoms with Gasteiger partial charge in [-0.1, -0.05) is 39.7 Å². The summed E-state index contributed by atoms with van der Waals surface area (Å²) in [6, 6.07) is 6.79. The highest BCUT2D eigenvalue weighted by molar-refractivity contribution is 9.09. The highest BCUT2D eigenvalue weighted by atomic mass is 79.9. The molecule has 1 aliphatic carbocycles. The van der Waals surface area contributed by atoms with Crippen LogP contribution in [0.25, 0.3) is 0 Å². The molecule has 0 amide bonds. The van der Waals surface area contributed by atoms with Crippen molar-refractivity contribution in [3.05, 3.63) is 34.9 Å². The molecule has 0 radical (unpaired) electrons. The average Bonchev–Trinajstić information content (AvgIpc) is 3.06. The van der Waals surface area contributed by atoms with Crippen molar-refractivity contribution in [2.45, 2.75) is 50.8 Å². The van der Waals surface area contributed by atoms with Gasteiger partial charge in [0.1, 0.15) is 0 Å². The molecule has 0 nitrogen and oxygen atoms in total. The number of rotatable bonds is 5. The Bertz CT molecular complexity index is 352. The van der Waals surface area contributed by atoms with Gasteiger partial charge in [-0.25, -0.2) is 0 Å². The van der Waals surface area contributed by atoms with Gasteiger partial charge in [0, 0.05) is 4.83 Å². The third-order valence-corrected chi connectivity index (χ3v) is 4.77. The van der Waals surface area contributed by atoms with E-state index >= 15 is 0 Å². The van der Waals surface area contributed by atoms with E-state index in [0.29, 0.717) is 0 Å². The molecule has 1 aromatic carbocycles. The summed E-state index contributed by atoms with van der Waals surface area (Å²) < 4.78 is 0. The molecule has 0 aromatic heterocycles. The largest absolute Gasteiger partial charge is 0.0888 e. The second kappa shape index (κ2) is 5.35. The number of aryl methyl sites for hydroxylation is 3. The Morgan fingerprint density at radius 1 is 1.31 bits per heavy atom. The molecule has 1 aromatic rings. The molecule has 1 saturated carbocycles. The molecule has 1 unspecified atom stereocenters. The van der Waals surface area contributed by atoms with Gasteiger partial charge in [0.05, 0.1) is 0 Å². The topological polar surface area (TPSA) is 0 Å². The molecule has 0 bridgehead atoms. The predicted octanol–water partition coefficient (Wildman–Crippen LogP) is 4.80. The van der Waals surface area contributed by atoms with Gasteiger partial charge < -0.3 is 0 Å². The molecule has 1 atom stereocenters. The monoisotopic (exact) mass is 280 g/mol. The number of alkyl halides is 1. The van der Waals surface area contributed by atoms with Crippen LogP contribution < -0.4 is 0 Å². The summed E-state index contributed by atoms with van der Waals surface area (Å²) in [6.45, 7) is 4.40. The highest BCUT2D eigenvalue weighted by Gasteiger charge is 2.28. The summed E-state index contributed by atoms with van der Waals surface area (Å²) in [6.07, 6.45) is 6.77. The zero-order valence-corrected chi connectivity index (χ0v) is 11.9. The van der Waals surface area contributed by atoms with Gasteiger partial charge in [0.2, 0.25) is 0 Å². The zero-order valence-electron chi connectivity index (χ0n) is 10.3. The fraction of sp³-hybridized carbons (Fsp3) is 0.600. The number of halogens is 1. The van der Waals surface area contributed by atoms with Gasteiger partial charge in [0.15, 0.2) is 0 Å². The molecule has 0 saturated heterocycles. The lowest BCUT2D eigenvalue weighted by atomic mass is 9.99. The molecule has 88 valence electrons. The maximum atomic E-state index is 3.81. The van der Waals surface area contributed by atoms with Crippen LogP contribution in [-0.2, 0) is 6.42 Å². The minimum atomic E-state index is 0.776. The van der Waals surface area contributed by atoms with Crippen LogP contribution in [0.1, 0.15) is 42.4 Å². The van der Waals surface area contributed by atoms with Gasteiger partial charge in [-0.15, -0.1) is 0 Å². The Morgan fingerprint density at radius 3 is 2.75 bits per heavy atom. The van der Waals surface area contributed by atoms with Crippen molar-refractivity contribution in [1.82, 2.24) is 0 Å². The van der Waals surface area contributed by atoms with Crippen molar-refractivity contribution in [2.24, 2.45) is 5.92 Å². The number of benzene rings is 1. The Hall–Kier alpha value is -0.300. The molecule has 1 aliphatic rings. The maximum absolute atomic E-state index is 3.81. The average molecular weight is 281 g/mol. The van der Waals surface area contributed by atoms with Crippen molar-refractivity contribution >= 4 is 15.9 Å².